The van der Waals surface area contributed by atoms with E-state index in [-0.39, 0.29) is 29.4 Å². The Morgan fingerprint density at radius 2 is 1.96 bits per heavy atom. The van der Waals surface area contributed by atoms with Crippen molar-refractivity contribution in [3.63, 3.8) is 0 Å². The molecule has 128 valence electrons. The molecule has 24 heavy (non-hydrogen) atoms. The molecule has 1 aromatic rings. The van der Waals surface area contributed by atoms with Crippen LogP contribution in [0.25, 0.3) is 0 Å². The van der Waals surface area contributed by atoms with Gasteiger partial charge in [-0.3, -0.25) is 19.7 Å². The van der Waals surface area contributed by atoms with Crippen molar-refractivity contribution in [3.8, 4) is 5.75 Å². The van der Waals surface area contributed by atoms with Crippen molar-refractivity contribution in [2.45, 2.75) is 31.8 Å². The fraction of sp³-hybridized carbons (Fsp3) is 0.357. The number of carbonyl (C=O) groups excluding carboxylic acids is 3. The van der Waals surface area contributed by atoms with Gasteiger partial charge in [0.25, 0.3) is 5.91 Å². The number of nitrogens with one attached hydrogen (secondary N) is 1. The van der Waals surface area contributed by atoms with Gasteiger partial charge in [0.05, 0.1) is 4.47 Å². The van der Waals surface area contributed by atoms with Crippen molar-refractivity contribution < 1.29 is 32.3 Å². The van der Waals surface area contributed by atoms with E-state index in [0.29, 0.717) is 5.56 Å². The van der Waals surface area contributed by atoms with Gasteiger partial charge in [-0.1, -0.05) is 0 Å². The summed E-state index contributed by atoms with van der Waals surface area (Å²) in [6.45, 7) is -0.0259. The van der Waals surface area contributed by atoms with Crippen LogP contribution in [0, 0.1) is 0 Å². The largest absolute Gasteiger partial charge is 0.573 e. The summed E-state index contributed by atoms with van der Waals surface area (Å²) >= 11 is 2.95. The number of amides is 3. The number of benzene rings is 1. The Balaban J connectivity index is 1.87. The summed E-state index contributed by atoms with van der Waals surface area (Å²) in [5, 5.41) is 2.15. The predicted octanol–water partition coefficient (Wildman–Crippen LogP) is 2.11. The molecule has 3 rings (SSSR count). The summed E-state index contributed by atoms with van der Waals surface area (Å²) in [6, 6.07) is 1.54. The first-order valence-corrected chi connectivity index (χ1v) is 7.68. The van der Waals surface area contributed by atoms with Crippen molar-refractivity contribution in [2.75, 3.05) is 0 Å². The van der Waals surface area contributed by atoms with E-state index >= 15 is 0 Å². The number of ether oxygens (including phenoxy) is 1. The number of alkyl halides is 3. The summed E-state index contributed by atoms with van der Waals surface area (Å²) in [5.74, 6) is -1.93. The van der Waals surface area contributed by atoms with Crippen LogP contribution in [0.5, 0.6) is 5.75 Å². The van der Waals surface area contributed by atoms with Gasteiger partial charge >= 0.3 is 6.36 Å². The Labute approximate surface area is 142 Å². The molecule has 2 aliphatic heterocycles. The number of hydrogen-bond donors (Lipinski definition) is 1. The van der Waals surface area contributed by atoms with Gasteiger partial charge in [0.2, 0.25) is 11.8 Å². The number of piperidine rings is 1. The lowest BCUT2D eigenvalue weighted by Crippen LogP contribution is -2.52. The van der Waals surface area contributed by atoms with Crippen molar-refractivity contribution in [2.24, 2.45) is 0 Å². The zero-order valence-electron chi connectivity index (χ0n) is 11.9. The van der Waals surface area contributed by atoms with Crippen molar-refractivity contribution in [3.05, 3.63) is 27.7 Å². The van der Waals surface area contributed by atoms with E-state index < -0.39 is 35.9 Å². The molecule has 1 saturated heterocycles. The maximum atomic E-state index is 12.4. The van der Waals surface area contributed by atoms with Gasteiger partial charge < -0.3 is 9.64 Å². The van der Waals surface area contributed by atoms with Crippen LogP contribution in [0.2, 0.25) is 0 Å². The molecule has 2 heterocycles. The predicted molar refractivity (Wildman–Crippen MR) is 76.9 cm³/mol. The number of halogens is 4. The highest BCUT2D eigenvalue weighted by molar-refractivity contribution is 9.10. The molecule has 0 aliphatic carbocycles. The molecule has 10 heteroatoms. The molecule has 1 N–H and O–H groups in total. The minimum atomic E-state index is -4.86. The molecule has 0 bridgehead atoms. The number of fused-ring (bicyclic) bond motifs is 1. The summed E-state index contributed by atoms with van der Waals surface area (Å²) in [7, 11) is 0. The number of imide groups is 1. The third-order valence-corrected chi connectivity index (χ3v) is 4.42. The lowest BCUT2D eigenvalue weighted by Gasteiger charge is -2.29. The average molecular weight is 407 g/mol. The highest BCUT2D eigenvalue weighted by atomic mass is 79.9. The molecule has 0 saturated carbocycles. The number of nitrogens with zero attached hydrogens (tertiary/aromatic N) is 1. The van der Waals surface area contributed by atoms with E-state index in [1.807, 2.05) is 0 Å². The minimum absolute atomic E-state index is 0.0166. The second-order valence-corrected chi connectivity index (χ2v) is 6.24. The van der Waals surface area contributed by atoms with Crippen LogP contribution in [0.1, 0.15) is 28.8 Å². The lowest BCUT2D eigenvalue weighted by atomic mass is 10.0. The zero-order chi connectivity index (χ0) is 17.6. The molecule has 1 unspecified atom stereocenters. The van der Waals surface area contributed by atoms with E-state index in [4.69, 9.17) is 0 Å². The maximum absolute atomic E-state index is 12.4. The first kappa shape index (κ1) is 16.7. The van der Waals surface area contributed by atoms with Gasteiger partial charge in [-0.2, -0.15) is 0 Å². The third-order valence-electron chi connectivity index (χ3n) is 3.80. The monoisotopic (exact) mass is 406 g/mol. The number of hydrogen-bond acceptors (Lipinski definition) is 4. The van der Waals surface area contributed by atoms with E-state index in [1.54, 1.807) is 0 Å². The van der Waals surface area contributed by atoms with Crippen molar-refractivity contribution in [1.29, 1.82) is 0 Å². The summed E-state index contributed by atoms with van der Waals surface area (Å²) in [5.41, 5.74) is 0.522. The first-order valence-electron chi connectivity index (χ1n) is 6.88. The Kier molecular flexibility index (Phi) is 4.02. The van der Waals surface area contributed by atoms with Gasteiger partial charge in [-0.25, -0.2) is 0 Å². The van der Waals surface area contributed by atoms with Gasteiger partial charge in [0, 0.05) is 18.5 Å². The molecule has 3 amide bonds. The van der Waals surface area contributed by atoms with Crippen LogP contribution in [0.3, 0.4) is 0 Å². The molecule has 1 fully saturated rings. The second kappa shape index (κ2) is 5.76. The quantitative estimate of drug-likeness (QED) is 0.763. The van der Waals surface area contributed by atoms with E-state index in [0.717, 1.165) is 6.07 Å². The number of carbonyl (C=O) groups is 3. The molecule has 0 aromatic heterocycles. The smallest absolute Gasteiger partial charge is 0.405 e. The molecule has 0 spiro atoms. The highest BCUT2D eigenvalue weighted by Crippen LogP contribution is 2.37. The van der Waals surface area contributed by atoms with Gasteiger partial charge in [-0.05, 0) is 40.0 Å². The molecule has 0 radical (unpaired) electrons. The fourth-order valence-electron chi connectivity index (χ4n) is 2.77. The SMILES string of the molecule is O=C1CCC(N2Cc3cc(OC(F)(F)F)c(Br)cc3C2=O)C(=O)N1. The van der Waals surface area contributed by atoms with Gasteiger partial charge in [0.1, 0.15) is 11.8 Å². The average Bonchev–Trinajstić information content (AvgIpc) is 2.75. The Morgan fingerprint density at radius 3 is 2.58 bits per heavy atom. The third kappa shape index (κ3) is 3.10. The van der Waals surface area contributed by atoms with Crippen LogP contribution in [0.4, 0.5) is 13.2 Å². The maximum Gasteiger partial charge on any atom is 0.573 e. The molecule has 6 nitrogen and oxygen atoms in total. The van der Waals surface area contributed by atoms with Crippen LogP contribution in [0.15, 0.2) is 16.6 Å². The van der Waals surface area contributed by atoms with Gasteiger partial charge in [-0.15, -0.1) is 13.2 Å². The van der Waals surface area contributed by atoms with Gasteiger partial charge in [0.15, 0.2) is 0 Å². The minimum Gasteiger partial charge on any atom is -0.405 e. The standard InChI is InChI=1S/C14H10BrF3N2O4/c15-8-4-7-6(3-10(8)24-14(16,17)18)5-20(13(7)23)9-1-2-11(21)19-12(9)22/h3-4,9H,1-2,5H2,(H,19,21,22). The fourth-order valence-corrected chi connectivity index (χ4v) is 3.19. The van der Waals surface area contributed by atoms with Crippen molar-refractivity contribution in [1.82, 2.24) is 10.2 Å². The van der Waals surface area contributed by atoms with Crippen molar-refractivity contribution >= 4 is 33.7 Å². The lowest BCUT2D eigenvalue weighted by molar-refractivity contribution is -0.274. The summed E-state index contributed by atoms with van der Waals surface area (Å²) in [4.78, 5) is 36.8. The first-order chi connectivity index (χ1) is 11.2. The molecular weight excluding hydrogens is 397 g/mol. The van der Waals surface area contributed by atoms with Crippen LogP contribution in [-0.2, 0) is 16.1 Å². The highest BCUT2D eigenvalue weighted by Gasteiger charge is 2.40. The van der Waals surface area contributed by atoms with E-state index in [1.165, 1.54) is 11.0 Å². The molecule has 1 atom stereocenters. The van der Waals surface area contributed by atoms with Crippen LogP contribution < -0.4 is 10.1 Å². The summed E-state index contributed by atoms with van der Waals surface area (Å²) in [6.07, 6.45) is -4.58. The Bertz CT molecular complexity index is 750. The second-order valence-electron chi connectivity index (χ2n) is 5.39. The number of rotatable bonds is 2. The topological polar surface area (TPSA) is 75.7 Å². The summed E-state index contributed by atoms with van der Waals surface area (Å²) < 4.78 is 41.1. The van der Waals surface area contributed by atoms with Crippen LogP contribution >= 0.6 is 15.9 Å². The molecule has 1 aromatic carbocycles. The zero-order valence-corrected chi connectivity index (χ0v) is 13.5. The van der Waals surface area contributed by atoms with E-state index in [2.05, 4.69) is 26.0 Å². The Hall–Kier alpha value is -2.10. The molecular formula is C14H10BrF3N2O4. The van der Waals surface area contributed by atoms with Crippen LogP contribution in [-0.4, -0.2) is 35.0 Å². The Morgan fingerprint density at radius 1 is 1.25 bits per heavy atom. The normalized spacial score (nSPS) is 20.9. The molecule has 2 aliphatic rings. The van der Waals surface area contributed by atoms with E-state index in [9.17, 15) is 27.6 Å².